The minimum absolute atomic E-state index is 0.0985. The third-order valence-electron chi connectivity index (χ3n) is 1.26. The number of likely N-dealkylation sites (N-methyl/N-ethyl adjacent to an activating group) is 2. The first-order chi connectivity index (χ1) is 5.61. The number of carbonyl (C=O) groups excluding carboxylic acids is 2. The van der Waals surface area contributed by atoms with E-state index >= 15 is 0 Å². The number of hydrogen-bond donors (Lipinski definition) is 1. The second-order valence-electron chi connectivity index (χ2n) is 2.18. The molecule has 2 amide bonds. The Labute approximate surface area is 69.4 Å². The highest BCUT2D eigenvalue weighted by atomic mass is 19.3. The zero-order valence-electron chi connectivity index (χ0n) is 6.96. The van der Waals surface area contributed by atoms with Gasteiger partial charge in [-0.2, -0.15) is 4.94 Å². The molecule has 0 aromatic carbocycles. The molecule has 0 saturated carbocycles. The predicted molar refractivity (Wildman–Crippen MR) is 38.8 cm³/mol. The molecule has 0 rings (SSSR count). The highest BCUT2D eigenvalue weighted by Gasteiger charge is 2.11. The van der Waals surface area contributed by atoms with Crippen LogP contribution in [-0.2, 0) is 14.5 Å². The lowest BCUT2D eigenvalue weighted by molar-refractivity contribution is -0.164. The summed E-state index contributed by atoms with van der Waals surface area (Å²) in [5, 5.41) is 2.33. The van der Waals surface area contributed by atoms with Crippen molar-refractivity contribution in [1.82, 2.24) is 10.2 Å². The van der Waals surface area contributed by atoms with Crippen molar-refractivity contribution in [3.05, 3.63) is 0 Å². The van der Waals surface area contributed by atoms with Crippen molar-refractivity contribution in [3.63, 3.8) is 0 Å². The van der Waals surface area contributed by atoms with Crippen LogP contribution >= 0.6 is 0 Å². The zero-order valence-corrected chi connectivity index (χ0v) is 6.96. The monoisotopic (exact) mass is 178 g/mol. The molecule has 70 valence electrons. The van der Waals surface area contributed by atoms with Crippen molar-refractivity contribution in [2.45, 2.75) is 0 Å². The number of amides is 2. The predicted octanol–water partition coefficient (Wildman–Crippen LogP) is -0.908. The van der Waals surface area contributed by atoms with Crippen molar-refractivity contribution in [3.8, 4) is 0 Å². The quantitative estimate of drug-likeness (QED) is 0.606. The van der Waals surface area contributed by atoms with Gasteiger partial charge in [0.05, 0.1) is 6.54 Å². The van der Waals surface area contributed by atoms with E-state index in [1.54, 1.807) is 0 Å². The van der Waals surface area contributed by atoms with Crippen LogP contribution in [0.25, 0.3) is 0 Å². The van der Waals surface area contributed by atoms with Crippen LogP contribution in [0.3, 0.4) is 0 Å². The van der Waals surface area contributed by atoms with Crippen LogP contribution in [0.4, 0.5) is 4.53 Å². The van der Waals surface area contributed by atoms with Gasteiger partial charge in [0.15, 0.2) is 6.61 Å². The van der Waals surface area contributed by atoms with Gasteiger partial charge < -0.3 is 10.2 Å². The molecule has 0 fully saturated rings. The Hall–Kier alpha value is -1.17. The molecule has 0 bridgehead atoms. The average Bonchev–Trinajstić information content (AvgIpc) is 2.04. The van der Waals surface area contributed by atoms with E-state index in [-0.39, 0.29) is 12.5 Å². The van der Waals surface area contributed by atoms with Gasteiger partial charge in [-0.25, -0.2) is 0 Å². The molecule has 0 unspecified atom stereocenters. The van der Waals surface area contributed by atoms with Crippen molar-refractivity contribution in [1.29, 1.82) is 0 Å². The van der Waals surface area contributed by atoms with Gasteiger partial charge >= 0.3 is 0 Å². The SMILES string of the molecule is CNC(=O)CN(C)C(=O)COF. The molecule has 0 aromatic rings. The third kappa shape index (κ3) is 3.87. The fraction of sp³-hybridized carbons (Fsp3) is 0.667. The maximum absolute atomic E-state index is 11.2. The summed E-state index contributed by atoms with van der Waals surface area (Å²) >= 11 is 0. The van der Waals surface area contributed by atoms with Crippen LogP contribution in [0.2, 0.25) is 0 Å². The first-order valence-corrected chi connectivity index (χ1v) is 3.30. The lowest BCUT2D eigenvalue weighted by atomic mass is 10.5. The van der Waals surface area contributed by atoms with Gasteiger partial charge in [-0.3, -0.25) is 9.59 Å². The van der Waals surface area contributed by atoms with Gasteiger partial charge in [-0.1, -0.05) is 0 Å². The van der Waals surface area contributed by atoms with Crippen LogP contribution in [0.1, 0.15) is 0 Å². The molecule has 0 saturated heterocycles. The first kappa shape index (κ1) is 10.8. The molecule has 0 atom stereocenters. The number of nitrogens with one attached hydrogen (secondary N) is 1. The van der Waals surface area contributed by atoms with E-state index in [4.69, 9.17) is 0 Å². The highest BCUT2D eigenvalue weighted by Crippen LogP contribution is 1.86. The first-order valence-electron chi connectivity index (χ1n) is 3.30. The van der Waals surface area contributed by atoms with Crippen molar-refractivity contribution < 1.29 is 19.1 Å². The van der Waals surface area contributed by atoms with E-state index in [1.165, 1.54) is 14.1 Å². The maximum Gasteiger partial charge on any atom is 0.252 e. The summed E-state index contributed by atoms with van der Waals surface area (Å²) in [5.41, 5.74) is 0. The molecule has 0 aliphatic rings. The van der Waals surface area contributed by atoms with E-state index in [2.05, 4.69) is 10.3 Å². The highest BCUT2D eigenvalue weighted by molar-refractivity contribution is 5.84. The third-order valence-corrected chi connectivity index (χ3v) is 1.26. The summed E-state index contributed by atoms with van der Waals surface area (Å²) in [6, 6.07) is 0. The van der Waals surface area contributed by atoms with Crippen molar-refractivity contribution in [2.24, 2.45) is 0 Å². The van der Waals surface area contributed by atoms with Crippen LogP contribution in [0.5, 0.6) is 0 Å². The molecule has 0 aliphatic carbocycles. The summed E-state index contributed by atoms with van der Waals surface area (Å²) in [5.74, 6) is -0.897. The van der Waals surface area contributed by atoms with Gasteiger partial charge in [-0.15, -0.1) is 0 Å². The number of carbonyl (C=O) groups is 2. The molecular weight excluding hydrogens is 167 g/mol. The van der Waals surface area contributed by atoms with E-state index < -0.39 is 12.5 Å². The molecule has 0 aliphatic heterocycles. The van der Waals surface area contributed by atoms with Crippen LogP contribution in [0.15, 0.2) is 0 Å². The Morgan fingerprint density at radius 1 is 1.58 bits per heavy atom. The second-order valence-corrected chi connectivity index (χ2v) is 2.18. The minimum atomic E-state index is -0.659. The Morgan fingerprint density at radius 2 is 2.17 bits per heavy atom. The topological polar surface area (TPSA) is 58.6 Å². The number of halogens is 1. The van der Waals surface area contributed by atoms with Crippen molar-refractivity contribution >= 4 is 11.8 Å². The molecule has 5 nitrogen and oxygen atoms in total. The molecule has 12 heavy (non-hydrogen) atoms. The summed E-state index contributed by atoms with van der Waals surface area (Å²) in [7, 11) is 2.84. The normalized spacial score (nSPS) is 9.25. The lowest BCUT2D eigenvalue weighted by Gasteiger charge is -2.13. The van der Waals surface area contributed by atoms with Crippen LogP contribution in [-0.4, -0.2) is 44.0 Å². The molecule has 0 aromatic heterocycles. The van der Waals surface area contributed by atoms with Crippen molar-refractivity contribution in [2.75, 3.05) is 27.2 Å². The molecule has 0 heterocycles. The Bertz CT molecular complexity index is 174. The van der Waals surface area contributed by atoms with E-state index in [0.29, 0.717) is 0 Å². The van der Waals surface area contributed by atoms with Crippen LogP contribution < -0.4 is 5.32 Å². The number of rotatable bonds is 4. The minimum Gasteiger partial charge on any atom is -0.358 e. The van der Waals surface area contributed by atoms with Gasteiger partial charge in [-0.05, 0) is 4.53 Å². The van der Waals surface area contributed by atoms with Gasteiger partial charge in [0.1, 0.15) is 0 Å². The standard InChI is InChI=1S/C6H11FN2O3/c1-8-5(10)3-9(2)6(11)4-12-7/h3-4H2,1-2H3,(H,8,10). The maximum atomic E-state index is 11.2. The molecule has 6 heteroatoms. The molecule has 1 N–H and O–H groups in total. The fourth-order valence-corrected chi connectivity index (χ4v) is 0.540. The fourth-order valence-electron chi connectivity index (χ4n) is 0.540. The van der Waals surface area contributed by atoms with E-state index in [0.717, 1.165) is 4.90 Å². The molecule has 0 spiro atoms. The van der Waals surface area contributed by atoms with E-state index in [9.17, 15) is 14.1 Å². The van der Waals surface area contributed by atoms with Gasteiger partial charge in [0.2, 0.25) is 5.91 Å². The summed E-state index contributed by atoms with van der Waals surface area (Å²) in [4.78, 5) is 25.7. The Morgan fingerprint density at radius 3 is 2.58 bits per heavy atom. The van der Waals surface area contributed by atoms with Crippen LogP contribution in [0, 0.1) is 0 Å². The summed E-state index contributed by atoms with van der Waals surface area (Å²) < 4.78 is 11.2. The Balaban J connectivity index is 3.78. The average molecular weight is 178 g/mol. The molecular formula is C6H11FN2O3. The largest absolute Gasteiger partial charge is 0.358 e. The summed E-state index contributed by atoms with van der Waals surface area (Å²) in [6.45, 7) is -0.758. The van der Waals surface area contributed by atoms with E-state index in [1.807, 2.05) is 0 Å². The number of hydrogen-bond acceptors (Lipinski definition) is 3. The Kier molecular flexibility index (Phi) is 4.94. The zero-order chi connectivity index (χ0) is 9.56. The summed E-state index contributed by atoms with van der Waals surface area (Å²) in [6.07, 6.45) is 0. The van der Waals surface area contributed by atoms with Gasteiger partial charge in [0, 0.05) is 14.1 Å². The number of nitrogens with zero attached hydrogens (tertiary/aromatic N) is 1. The second kappa shape index (κ2) is 5.48. The smallest absolute Gasteiger partial charge is 0.252 e. The lowest BCUT2D eigenvalue weighted by Crippen LogP contribution is -2.38. The van der Waals surface area contributed by atoms with Gasteiger partial charge in [0.25, 0.3) is 5.91 Å². The molecule has 0 radical (unpaired) electrons.